The van der Waals surface area contributed by atoms with Crippen LogP contribution in [-0.2, 0) is 0 Å². The Labute approximate surface area is 359 Å². The van der Waals surface area contributed by atoms with E-state index in [2.05, 4.69) is 27.7 Å². The van der Waals surface area contributed by atoms with Gasteiger partial charge in [0.25, 0.3) is 5.09 Å². The van der Waals surface area contributed by atoms with E-state index in [4.69, 9.17) is 21.1 Å². The summed E-state index contributed by atoms with van der Waals surface area (Å²) in [6.45, 7) is 9.31. The number of hydrogen-bond acceptors (Lipinski definition) is 3. The molecule has 0 bridgehead atoms. The fraction of sp³-hybridized carbons (Fsp3) is 1.00. The molecule has 0 radical (unpaired) electrons. The largest absolute Gasteiger partial charge is 0.328 e. The van der Waals surface area contributed by atoms with Gasteiger partial charge in [-0.15, -0.1) is 10.1 Å². The van der Waals surface area contributed by atoms with Crippen LogP contribution in [0.4, 0.5) is 0 Å². The number of unbranched alkanes of at least 4 members (excludes halogenated alkanes) is 38. The van der Waals surface area contributed by atoms with Gasteiger partial charge in [-0.2, -0.15) is 0 Å². The van der Waals surface area contributed by atoms with Crippen LogP contribution in [0.3, 0.4) is 0 Å². The third-order valence-electron chi connectivity index (χ3n) is 13.1. The quantitative estimate of drug-likeness (QED) is 0.0364. The molecule has 0 aliphatic rings. The van der Waals surface area contributed by atoms with Crippen LogP contribution in [0.25, 0.3) is 0 Å². The van der Waals surface area contributed by atoms with E-state index in [0.29, 0.717) is 0 Å². The van der Waals surface area contributed by atoms with Gasteiger partial charge >= 0.3 is 0 Å². The Kier molecular flexibility index (Phi) is 50.6. The number of nitrogens with two attached hydrogens (primary N) is 1. The smallest absolute Gasteiger partial charge is 0.291 e. The Bertz CT molecular complexity index is 719. The molecule has 0 aromatic carbocycles. The lowest BCUT2D eigenvalue weighted by atomic mass is 9.72. The molecule has 0 heterocycles. The molecule has 344 valence electrons. The molecule has 57 heavy (non-hydrogen) atoms. The van der Waals surface area contributed by atoms with Crippen molar-refractivity contribution >= 4 is 0 Å². The maximum Gasteiger partial charge on any atom is 0.291 e. The van der Waals surface area contributed by atoms with Crippen molar-refractivity contribution in [2.45, 2.75) is 329 Å². The van der Waals surface area contributed by atoms with Gasteiger partial charge in [0.2, 0.25) is 0 Å². The van der Waals surface area contributed by atoms with Crippen molar-refractivity contribution in [3.05, 3.63) is 10.1 Å². The fourth-order valence-electron chi connectivity index (χ4n) is 9.25. The predicted molar refractivity (Wildman–Crippen MR) is 254 cm³/mol. The molecule has 1 atom stereocenters. The van der Waals surface area contributed by atoms with Gasteiger partial charge in [-0.1, -0.05) is 297 Å². The van der Waals surface area contributed by atoms with Gasteiger partial charge < -0.3 is 10.9 Å². The van der Waals surface area contributed by atoms with Crippen molar-refractivity contribution in [1.29, 1.82) is 0 Å². The maximum atomic E-state index is 8.36. The van der Waals surface area contributed by atoms with E-state index in [9.17, 15) is 0 Å². The molecule has 5 nitrogen and oxygen atoms in total. The van der Waals surface area contributed by atoms with Crippen molar-refractivity contribution < 1.29 is 10.3 Å². The van der Waals surface area contributed by atoms with Gasteiger partial charge in [0, 0.05) is 5.54 Å². The molecule has 0 aromatic heterocycles. The van der Waals surface area contributed by atoms with Gasteiger partial charge in [-0.25, -0.2) is 0 Å². The highest BCUT2D eigenvalue weighted by molar-refractivity contribution is 4.91. The van der Waals surface area contributed by atoms with Crippen LogP contribution >= 0.6 is 0 Å². The normalized spacial score (nSPS) is 12.2. The molecule has 5 heteroatoms. The van der Waals surface area contributed by atoms with E-state index in [1.165, 1.54) is 295 Å². The van der Waals surface area contributed by atoms with E-state index in [1.807, 2.05) is 0 Å². The first kappa shape index (κ1) is 58.3. The molecule has 1 unspecified atom stereocenters. The van der Waals surface area contributed by atoms with Crippen LogP contribution in [0.1, 0.15) is 323 Å². The molecule has 0 aliphatic carbocycles. The maximum absolute atomic E-state index is 8.36. The van der Waals surface area contributed by atoms with Crippen LogP contribution in [-0.4, -0.2) is 15.8 Å². The van der Waals surface area contributed by atoms with Crippen molar-refractivity contribution in [2.24, 2.45) is 11.7 Å². The Balaban J connectivity index is 0. The monoisotopic (exact) mass is 809 g/mol. The molecule has 0 amide bonds. The van der Waals surface area contributed by atoms with E-state index >= 15 is 0 Å². The van der Waals surface area contributed by atoms with Crippen LogP contribution in [0.2, 0.25) is 0 Å². The van der Waals surface area contributed by atoms with Gasteiger partial charge in [0.1, 0.15) is 0 Å². The molecule has 0 fully saturated rings. The molecule has 0 aliphatic heterocycles. The second kappa shape index (κ2) is 49.5. The summed E-state index contributed by atoms with van der Waals surface area (Å²) in [6, 6.07) is 0. The topological polar surface area (TPSA) is 89.4 Å². The number of nitrogens with zero attached hydrogens (tertiary/aromatic N) is 1. The molecule has 3 N–H and O–H groups in total. The highest BCUT2D eigenvalue weighted by Crippen LogP contribution is 2.36. The van der Waals surface area contributed by atoms with E-state index in [0.717, 1.165) is 5.92 Å². The Morgan fingerprint density at radius 1 is 0.368 bits per heavy atom. The van der Waals surface area contributed by atoms with Gasteiger partial charge in [-0.05, 0) is 31.6 Å². The summed E-state index contributed by atoms with van der Waals surface area (Å²) < 4.78 is 0. The van der Waals surface area contributed by atoms with E-state index in [-0.39, 0.29) is 5.54 Å². The Hall–Kier alpha value is -0.840. The van der Waals surface area contributed by atoms with E-state index < -0.39 is 5.09 Å². The third-order valence-corrected chi connectivity index (χ3v) is 13.1. The van der Waals surface area contributed by atoms with Crippen molar-refractivity contribution in [3.8, 4) is 0 Å². The van der Waals surface area contributed by atoms with Crippen LogP contribution in [0.15, 0.2) is 0 Å². The minimum absolute atomic E-state index is 0.0807. The average Bonchev–Trinajstić information content (AvgIpc) is 3.19. The van der Waals surface area contributed by atoms with E-state index in [1.54, 1.807) is 0 Å². The first-order valence-corrected chi connectivity index (χ1v) is 26.5. The van der Waals surface area contributed by atoms with Crippen molar-refractivity contribution in [2.75, 3.05) is 0 Å². The third kappa shape index (κ3) is 47.7. The predicted octanol–water partition coefficient (Wildman–Crippen LogP) is 19.0. The lowest BCUT2D eigenvalue weighted by Gasteiger charge is -2.39. The molecule has 0 saturated carbocycles. The van der Waals surface area contributed by atoms with Gasteiger partial charge in [-0.3, -0.25) is 0 Å². The second-order valence-corrected chi connectivity index (χ2v) is 18.7. The van der Waals surface area contributed by atoms with Gasteiger partial charge in [0.15, 0.2) is 0 Å². The Morgan fingerprint density at radius 3 is 0.719 bits per heavy atom. The number of rotatable bonds is 47. The zero-order valence-electron chi connectivity index (χ0n) is 39.9. The minimum Gasteiger partial charge on any atom is -0.328 e. The number of hydrogen-bond donors (Lipinski definition) is 2. The summed E-state index contributed by atoms with van der Waals surface area (Å²) in [5.74, 6) is 0.747. The zero-order valence-corrected chi connectivity index (χ0v) is 39.9. The second-order valence-electron chi connectivity index (χ2n) is 18.7. The molecule has 0 saturated heterocycles. The molecule has 0 spiro atoms. The highest BCUT2D eigenvalue weighted by atomic mass is 16.9. The lowest BCUT2D eigenvalue weighted by molar-refractivity contribution is -0.742. The van der Waals surface area contributed by atoms with Crippen LogP contribution in [0.5, 0.6) is 0 Å². The fourth-order valence-corrected chi connectivity index (χ4v) is 9.25. The van der Waals surface area contributed by atoms with Crippen LogP contribution < -0.4 is 5.73 Å². The standard InChI is InChI=1S/C52H107N.HNO3/c1-5-9-13-17-21-25-29-30-32-36-40-44-48-51(47-43-39-35-31-26-22-18-14-10-6-2)52(53,49-45-41-37-33-27-23-19-15-11-7-3)50-46-42-38-34-28-24-20-16-12-8-4;2-1(3)4/h51H,5-50,53H2,1-4H3;(H,2,3,4). The summed E-state index contributed by atoms with van der Waals surface area (Å²) in [4.78, 5) is 8.36. The Morgan fingerprint density at radius 2 is 0.526 bits per heavy atom. The summed E-state index contributed by atoms with van der Waals surface area (Å²) in [5.41, 5.74) is 7.80. The SMILES string of the molecule is CCCCCCCCCCCCCCC(CCCCCCCCCCCC)C(N)(CCCCCCCCCCCC)CCCCCCCCCCCC.O=[N+]([O-])O. The summed E-state index contributed by atoms with van der Waals surface area (Å²) >= 11 is 0. The van der Waals surface area contributed by atoms with Crippen molar-refractivity contribution in [1.82, 2.24) is 0 Å². The average molecular weight is 809 g/mol. The molecular weight excluding hydrogens is 701 g/mol. The summed E-state index contributed by atoms with van der Waals surface area (Å²) in [5, 5.41) is 13.6. The molecular formula is C52H108N2O3. The van der Waals surface area contributed by atoms with Crippen molar-refractivity contribution in [3.63, 3.8) is 0 Å². The first-order chi connectivity index (χ1) is 27.9. The highest BCUT2D eigenvalue weighted by Gasteiger charge is 2.33. The molecule has 0 aromatic rings. The molecule has 0 rings (SSSR count). The lowest BCUT2D eigenvalue weighted by Crippen LogP contribution is -2.47. The minimum atomic E-state index is -1.50. The zero-order chi connectivity index (χ0) is 42.2. The first-order valence-electron chi connectivity index (χ1n) is 26.5. The summed E-state index contributed by atoms with van der Waals surface area (Å²) in [7, 11) is 0. The summed E-state index contributed by atoms with van der Waals surface area (Å²) in [6.07, 6.45) is 65.7. The van der Waals surface area contributed by atoms with Gasteiger partial charge in [0.05, 0.1) is 0 Å². The van der Waals surface area contributed by atoms with Crippen LogP contribution in [0, 0.1) is 16.0 Å².